The van der Waals surface area contributed by atoms with E-state index in [4.69, 9.17) is 4.18 Å². The summed E-state index contributed by atoms with van der Waals surface area (Å²) in [6, 6.07) is 0. The second-order valence-corrected chi connectivity index (χ2v) is 18.2. The van der Waals surface area contributed by atoms with Crippen LogP contribution in [0.25, 0.3) is 0 Å². The van der Waals surface area contributed by atoms with Crippen LogP contribution in [-0.4, -0.2) is 58.8 Å². The summed E-state index contributed by atoms with van der Waals surface area (Å²) in [6.07, 6.45) is 16.7. The molecule has 0 saturated heterocycles. The molecule has 43 heavy (non-hydrogen) atoms. The highest BCUT2D eigenvalue weighted by atomic mass is 32.2. The second-order valence-electron chi connectivity index (χ2n) is 16.4. The molecule has 250 valence electrons. The van der Waals surface area contributed by atoms with Crippen molar-refractivity contribution in [3.63, 3.8) is 0 Å². The Labute approximate surface area is 265 Å². The SMILES string of the molecule is CC(C)CCC[C@@H](C)[C@H]1CC[C@H]2[C@@H]3CCC4CCCC(C(=O)NCCCOS(=O)(=O)CCCN(C)C)[C@]4(C)[C@H]3CC[C@]12C. The van der Waals surface area contributed by atoms with E-state index in [1.165, 1.54) is 64.2 Å². The second kappa shape index (κ2) is 14.8. The maximum Gasteiger partial charge on any atom is 0.267 e. The van der Waals surface area contributed by atoms with Gasteiger partial charge in [0.2, 0.25) is 5.91 Å². The Morgan fingerprint density at radius 2 is 1.70 bits per heavy atom. The highest BCUT2D eigenvalue weighted by Crippen LogP contribution is 2.69. The molecule has 1 amide bonds. The summed E-state index contributed by atoms with van der Waals surface area (Å²) in [6.45, 7) is 13.8. The zero-order valence-electron chi connectivity index (χ0n) is 28.8. The molecule has 0 aromatic carbocycles. The van der Waals surface area contributed by atoms with Gasteiger partial charge in [-0.05, 0) is 137 Å². The van der Waals surface area contributed by atoms with Crippen LogP contribution in [-0.2, 0) is 19.1 Å². The van der Waals surface area contributed by atoms with Crippen LogP contribution in [0.5, 0.6) is 0 Å². The van der Waals surface area contributed by atoms with Crippen molar-refractivity contribution >= 4 is 16.0 Å². The summed E-state index contributed by atoms with van der Waals surface area (Å²) in [5.74, 6) is 5.72. The minimum Gasteiger partial charge on any atom is -0.356 e. The van der Waals surface area contributed by atoms with Crippen molar-refractivity contribution in [1.82, 2.24) is 10.2 Å². The lowest BCUT2D eigenvalue weighted by Crippen LogP contribution is -2.58. The Hall–Kier alpha value is -0.660. The van der Waals surface area contributed by atoms with Crippen LogP contribution in [0.1, 0.15) is 125 Å². The minimum atomic E-state index is -3.51. The molecular weight excluding hydrogens is 556 g/mol. The average Bonchev–Trinajstić information content (AvgIpc) is 3.29. The van der Waals surface area contributed by atoms with Gasteiger partial charge in [0.25, 0.3) is 10.1 Å². The molecule has 0 aromatic rings. The molecule has 0 radical (unpaired) electrons. The highest BCUT2D eigenvalue weighted by Gasteiger charge is 2.62. The van der Waals surface area contributed by atoms with Gasteiger partial charge >= 0.3 is 0 Å². The van der Waals surface area contributed by atoms with Gasteiger partial charge in [0, 0.05) is 12.5 Å². The first-order valence-corrected chi connectivity index (χ1v) is 19.7. The van der Waals surface area contributed by atoms with Crippen molar-refractivity contribution in [3.05, 3.63) is 0 Å². The Balaban J connectivity index is 1.34. The number of carbonyl (C=O) groups excluding carboxylic acids is 1. The maximum absolute atomic E-state index is 13.8. The first-order chi connectivity index (χ1) is 20.3. The monoisotopic (exact) mass is 622 g/mol. The molecule has 1 N–H and O–H groups in total. The van der Waals surface area contributed by atoms with Crippen LogP contribution in [0.4, 0.5) is 0 Å². The Bertz CT molecular complexity index is 1010. The van der Waals surface area contributed by atoms with Gasteiger partial charge in [-0.2, -0.15) is 8.42 Å². The molecule has 9 atom stereocenters. The third-order valence-corrected chi connectivity index (χ3v) is 14.5. The fourth-order valence-corrected chi connectivity index (χ4v) is 12.0. The molecule has 6 nitrogen and oxygen atoms in total. The molecule has 4 aliphatic carbocycles. The molecule has 4 aliphatic rings. The predicted octanol–water partition coefficient (Wildman–Crippen LogP) is 7.53. The van der Waals surface area contributed by atoms with Crippen LogP contribution in [0.3, 0.4) is 0 Å². The number of fused-ring (bicyclic) bond motifs is 5. The fourth-order valence-electron chi connectivity index (χ4n) is 11.0. The van der Waals surface area contributed by atoms with Crippen LogP contribution in [0, 0.1) is 58.2 Å². The van der Waals surface area contributed by atoms with Crippen LogP contribution in [0.15, 0.2) is 0 Å². The van der Waals surface area contributed by atoms with E-state index in [0.29, 0.717) is 36.6 Å². The molecular formula is C36H66N2O4S. The summed E-state index contributed by atoms with van der Waals surface area (Å²) >= 11 is 0. The summed E-state index contributed by atoms with van der Waals surface area (Å²) < 4.78 is 29.6. The molecule has 0 aromatic heterocycles. The normalized spacial score (nSPS) is 36.7. The average molecular weight is 623 g/mol. The lowest BCUT2D eigenvalue weighted by Gasteiger charge is -2.62. The van der Waals surface area contributed by atoms with Gasteiger partial charge in [-0.15, -0.1) is 0 Å². The number of nitrogens with zero attached hydrogens (tertiary/aromatic N) is 1. The Morgan fingerprint density at radius 1 is 0.930 bits per heavy atom. The van der Waals surface area contributed by atoms with Gasteiger partial charge < -0.3 is 10.2 Å². The van der Waals surface area contributed by atoms with Crippen LogP contribution < -0.4 is 5.32 Å². The van der Waals surface area contributed by atoms with Gasteiger partial charge in [0.05, 0.1) is 12.4 Å². The standard InChI is InChI=1S/C36H66N2O4S/c1-26(2)12-8-13-27(3)30-18-19-31-29-17-16-28-14-9-15-33(36(28,5)32(29)20-21-35(30,31)4)34(39)37-22-10-24-42-43(40,41)25-11-23-38(6)7/h26-33H,8-25H2,1-7H3,(H,37,39)/t27-,28?,29+,30-,31+,32+,33?,35-,36+/m1/s1. The minimum absolute atomic E-state index is 0.0414. The molecule has 7 heteroatoms. The first-order valence-electron chi connectivity index (χ1n) is 18.1. The van der Waals surface area contributed by atoms with E-state index in [2.05, 4.69) is 39.9 Å². The van der Waals surface area contributed by atoms with E-state index in [1.54, 1.807) is 0 Å². The van der Waals surface area contributed by atoms with E-state index in [1.807, 2.05) is 19.0 Å². The van der Waals surface area contributed by atoms with E-state index >= 15 is 0 Å². The van der Waals surface area contributed by atoms with Gasteiger partial charge in [-0.1, -0.05) is 60.3 Å². The fraction of sp³-hybridized carbons (Fsp3) is 0.972. The molecule has 0 bridgehead atoms. The summed E-state index contributed by atoms with van der Waals surface area (Å²) in [7, 11) is 0.364. The number of hydrogen-bond acceptors (Lipinski definition) is 5. The lowest BCUT2D eigenvalue weighted by atomic mass is 9.42. The summed E-state index contributed by atoms with van der Waals surface area (Å²) in [5, 5.41) is 3.23. The summed E-state index contributed by atoms with van der Waals surface area (Å²) in [4.78, 5) is 15.8. The van der Waals surface area contributed by atoms with Gasteiger partial charge in [-0.25, -0.2) is 0 Å². The van der Waals surface area contributed by atoms with Gasteiger partial charge in [-0.3, -0.25) is 8.98 Å². The van der Waals surface area contributed by atoms with Gasteiger partial charge in [0.15, 0.2) is 0 Å². The van der Waals surface area contributed by atoms with E-state index in [9.17, 15) is 13.2 Å². The van der Waals surface area contributed by atoms with Crippen molar-refractivity contribution in [1.29, 1.82) is 0 Å². The predicted molar refractivity (Wildman–Crippen MR) is 177 cm³/mol. The van der Waals surface area contributed by atoms with Crippen molar-refractivity contribution in [2.75, 3.05) is 39.5 Å². The number of hydrogen-bond donors (Lipinski definition) is 1. The molecule has 0 aliphatic heterocycles. The summed E-state index contributed by atoms with van der Waals surface area (Å²) in [5.41, 5.74) is 0.556. The third-order valence-electron chi connectivity index (χ3n) is 13.2. The molecule has 4 saturated carbocycles. The molecule has 0 heterocycles. The number of nitrogens with one attached hydrogen (secondary N) is 1. The molecule has 0 spiro atoms. The number of amides is 1. The number of carbonyl (C=O) groups is 1. The Morgan fingerprint density at radius 3 is 2.42 bits per heavy atom. The quantitative estimate of drug-likeness (QED) is 0.151. The van der Waals surface area contributed by atoms with Crippen molar-refractivity contribution < 1.29 is 17.4 Å². The van der Waals surface area contributed by atoms with Gasteiger partial charge in [0.1, 0.15) is 0 Å². The largest absolute Gasteiger partial charge is 0.356 e. The number of rotatable bonds is 15. The molecule has 4 rings (SSSR count). The maximum atomic E-state index is 13.8. The first kappa shape index (κ1) is 35.2. The zero-order valence-corrected chi connectivity index (χ0v) is 29.7. The van der Waals surface area contributed by atoms with Crippen molar-refractivity contribution in [3.8, 4) is 0 Å². The smallest absolute Gasteiger partial charge is 0.267 e. The molecule has 4 fully saturated rings. The van der Waals surface area contributed by atoms with Crippen LogP contribution in [0.2, 0.25) is 0 Å². The van der Waals surface area contributed by atoms with Crippen molar-refractivity contribution in [2.45, 2.75) is 125 Å². The van der Waals surface area contributed by atoms with E-state index in [0.717, 1.165) is 49.0 Å². The van der Waals surface area contributed by atoms with Crippen molar-refractivity contribution in [2.24, 2.45) is 58.2 Å². The Kier molecular flexibility index (Phi) is 12.1. The van der Waals surface area contributed by atoms with Crippen LogP contribution >= 0.6 is 0 Å². The zero-order chi connectivity index (χ0) is 31.4. The van der Waals surface area contributed by atoms with E-state index < -0.39 is 10.1 Å². The lowest BCUT2D eigenvalue weighted by molar-refractivity contribution is -0.159. The van der Waals surface area contributed by atoms with E-state index in [-0.39, 0.29) is 29.6 Å². The topological polar surface area (TPSA) is 75.7 Å². The highest BCUT2D eigenvalue weighted by molar-refractivity contribution is 7.86. The molecule has 2 unspecified atom stereocenters. The third kappa shape index (κ3) is 8.02.